The zero-order valence-electron chi connectivity index (χ0n) is 16.8. The fourth-order valence-corrected chi connectivity index (χ4v) is 5.14. The molecule has 2 aromatic rings. The molecule has 29 heavy (non-hydrogen) atoms. The summed E-state index contributed by atoms with van der Waals surface area (Å²) in [6, 6.07) is 3.63. The predicted octanol–water partition coefficient (Wildman–Crippen LogP) is 1.46. The molecule has 1 amide bonds. The number of amides is 1. The van der Waals surface area contributed by atoms with Crippen LogP contribution in [0.3, 0.4) is 0 Å². The van der Waals surface area contributed by atoms with E-state index in [4.69, 9.17) is 0 Å². The maximum absolute atomic E-state index is 13.0. The van der Waals surface area contributed by atoms with Crippen molar-refractivity contribution in [3.8, 4) is 0 Å². The molecular weight excluding hydrogens is 366 g/mol. The van der Waals surface area contributed by atoms with E-state index in [0.29, 0.717) is 24.2 Å². The normalized spacial score (nSPS) is 22.5. The number of piperidine rings is 1. The third-order valence-corrected chi connectivity index (χ3v) is 6.60. The number of nitrogens with one attached hydrogen (secondary N) is 2. The number of carbonyl (C=O) groups is 1. The van der Waals surface area contributed by atoms with E-state index in [9.17, 15) is 9.59 Å². The highest BCUT2D eigenvalue weighted by atomic mass is 16.2. The number of fused-ring (bicyclic) bond motifs is 5. The van der Waals surface area contributed by atoms with Crippen LogP contribution < -0.4 is 16.2 Å². The first-order valence-electron chi connectivity index (χ1n) is 10.7. The second-order valence-corrected chi connectivity index (χ2v) is 8.58. The predicted molar refractivity (Wildman–Crippen MR) is 109 cm³/mol. The van der Waals surface area contributed by atoms with E-state index in [-0.39, 0.29) is 23.6 Å². The van der Waals surface area contributed by atoms with Gasteiger partial charge < -0.3 is 15.2 Å². The summed E-state index contributed by atoms with van der Waals surface area (Å²) in [5.41, 5.74) is 4.45. The molecule has 2 bridgehead atoms. The molecule has 1 fully saturated rings. The summed E-state index contributed by atoms with van der Waals surface area (Å²) in [5.74, 6) is 1.09. The molecule has 0 spiro atoms. The number of rotatable bonds is 3. The average Bonchev–Trinajstić information content (AvgIpc) is 2.73. The van der Waals surface area contributed by atoms with Crippen molar-refractivity contribution >= 4 is 5.91 Å². The van der Waals surface area contributed by atoms with Gasteiger partial charge in [-0.05, 0) is 69.2 Å². The van der Waals surface area contributed by atoms with Crippen LogP contribution in [0.1, 0.15) is 64.0 Å². The van der Waals surface area contributed by atoms with E-state index in [1.54, 1.807) is 6.07 Å². The van der Waals surface area contributed by atoms with Crippen molar-refractivity contribution in [1.82, 2.24) is 25.2 Å². The van der Waals surface area contributed by atoms with Gasteiger partial charge in [-0.2, -0.15) is 0 Å². The van der Waals surface area contributed by atoms with Crippen molar-refractivity contribution < 1.29 is 4.79 Å². The highest BCUT2D eigenvalue weighted by molar-refractivity contribution is 5.93. The molecule has 0 saturated carbocycles. The number of carbonyl (C=O) groups excluding carboxylic acids is 1. The molecule has 7 heteroatoms. The van der Waals surface area contributed by atoms with Gasteiger partial charge in [-0.3, -0.25) is 9.59 Å². The zero-order chi connectivity index (χ0) is 20.0. The van der Waals surface area contributed by atoms with Gasteiger partial charge in [0.15, 0.2) is 0 Å². The topological polar surface area (TPSA) is 88.9 Å². The Balaban J connectivity index is 1.35. The van der Waals surface area contributed by atoms with Gasteiger partial charge in [0.2, 0.25) is 0 Å². The largest absolute Gasteiger partial charge is 0.345 e. The van der Waals surface area contributed by atoms with Gasteiger partial charge in [0.25, 0.3) is 11.5 Å². The number of aromatic nitrogens is 3. The van der Waals surface area contributed by atoms with Crippen LogP contribution in [0.4, 0.5) is 0 Å². The Hall–Kier alpha value is -2.54. The van der Waals surface area contributed by atoms with E-state index in [1.165, 1.54) is 12.0 Å². The fourth-order valence-electron chi connectivity index (χ4n) is 5.14. The molecule has 0 aromatic carbocycles. The van der Waals surface area contributed by atoms with Gasteiger partial charge >= 0.3 is 0 Å². The van der Waals surface area contributed by atoms with Crippen LogP contribution >= 0.6 is 0 Å². The SMILES string of the molecule is Cc1nc(CNC(=O)c2ccc3n(c2=O)C[C@@H]2CNC[C@H]3C2)nc2c1CCCC2. The molecule has 5 rings (SSSR count). The number of nitrogens with zero attached hydrogens (tertiary/aromatic N) is 3. The van der Waals surface area contributed by atoms with Crippen LogP contribution in [-0.4, -0.2) is 33.5 Å². The van der Waals surface area contributed by atoms with Gasteiger partial charge in [0.05, 0.1) is 6.54 Å². The minimum atomic E-state index is -0.349. The van der Waals surface area contributed by atoms with Crippen LogP contribution in [0.25, 0.3) is 0 Å². The number of hydrogen-bond acceptors (Lipinski definition) is 5. The number of pyridine rings is 1. The Kier molecular flexibility index (Phi) is 4.70. The summed E-state index contributed by atoms with van der Waals surface area (Å²) in [6.07, 6.45) is 5.47. The third-order valence-electron chi connectivity index (χ3n) is 6.60. The van der Waals surface area contributed by atoms with Crippen LogP contribution in [0, 0.1) is 12.8 Å². The molecule has 2 N–H and O–H groups in total. The van der Waals surface area contributed by atoms with E-state index >= 15 is 0 Å². The van der Waals surface area contributed by atoms with Crippen molar-refractivity contribution in [2.45, 2.75) is 58.0 Å². The molecular formula is C22H27N5O2. The van der Waals surface area contributed by atoms with Crippen LogP contribution in [0.15, 0.2) is 16.9 Å². The van der Waals surface area contributed by atoms with E-state index in [0.717, 1.165) is 55.9 Å². The molecule has 7 nitrogen and oxygen atoms in total. The van der Waals surface area contributed by atoms with Crippen molar-refractivity contribution in [1.29, 1.82) is 0 Å². The molecule has 152 valence electrons. The Morgan fingerprint density at radius 1 is 1.24 bits per heavy atom. The van der Waals surface area contributed by atoms with Crippen LogP contribution in [-0.2, 0) is 25.9 Å². The molecule has 2 aromatic heterocycles. The van der Waals surface area contributed by atoms with Gasteiger partial charge in [-0.25, -0.2) is 9.97 Å². The maximum Gasteiger partial charge on any atom is 0.263 e. The first-order chi connectivity index (χ1) is 14.1. The Labute approximate surface area is 170 Å². The maximum atomic E-state index is 13.0. The second kappa shape index (κ2) is 7.37. The Morgan fingerprint density at radius 3 is 3.00 bits per heavy atom. The lowest BCUT2D eigenvalue weighted by atomic mass is 9.84. The summed E-state index contributed by atoms with van der Waals surface area (Å²) in [7, 11) is 0. The van der Waals surface area contributed by atoms with Crippen molar-refractivity contribution in [2.24, 2.45) is 5.92 Å². The van der Waals surface area contributed by atoms with E-state index < -0.39 is 0 Å². The summed E-state index contributed by atoms with van der Waals surface area (Å²) in [5, 5.41) is 6.30. The smallest absolute Gasteiger partial charge is 0.263 e. The molecule has 1 aliphatic carbocycles. The number of hydrogen-bond donors (Lipinski definition) is 2. The summed E-state index contributed by atoms with van der Waals surface area (Å²) in [4.78, 5) is 35.0. The molecule has 2 aliphatic heterocycles. The summed E-state index contributed by atoms with van der Waals surface area (Å²) < 4.78 is 1.81. The molecule has 0 radical (unpaired) electrons. The minimum absolute atomic E-state index is 0.181. The van der Waals surface area contributed by atoms with Gasteiger partial charge in [0, 0.05) is 36.1 Å². The van der Waals surface area contributed by atoms with Crippen molar-refractivity contribution in [2.75, 3.05) is 13.1 Å². The lowest BCUT2D eigenvalue weighted by Crippen LogP contribution is -2.46. The number of aryl methyl sites for hydroxylation is 2. The fraction of sp³-hybridized carbons (Fsp3) is 0.545. The van der Waals surface area contributed by atoms with Gasteiger partial charge in [-0.15, -0.1) is 0 Å². The highest BCUT2D eigenvalue weighted by Gasteiger charge is 2.31. The first-order valence-corrected chi connectivity index (χ1v) is 10.7. The van der Waals surface area contributed by atoms with E-state index in [2.05, 4.69) is 20.6 Å². The minimum Gasteiger partial charge on any atom is -0.345 e. The standard InChI is InChI=1S/C22H27N5O2/c1-13-16-4-2-3-5-18(16)26-20(25-13)11-24-21(28)17-6-7-19-15-8-14(9-23-10-15)12-27(19)22(17)29/h6-7,14-15,23H,2-5,8-12H2,1H3,(H,24,28)/t14-,15+/m0/s1. The van der Waals surface area contributed by atoms with Crippen LogP contribution in [0.2, 0.25) is 0 Å². The third kappa shape index (κ3) is 3.37. The lowest BCUT2D eigenvalue weighted by molar-refractivity contribution is 0.0947. The Morgan fingerprint density at radius 2 is 2.10 bits per heavy atom. The Bertz CT molecular complexity index is 1030. The zero-order valence-corrected chi connectivity index (χ0v) is 16.8. The summed E-state index contributed by atoms with van der Waals surface area (Å²) >= 11 is 0. The molecule has 1 saturated heterocycles. The molecule has 4 heterocycles. The van der Waals surface area contributed by atoms with Crippen molar-refractivity contribution in [3.63, 3.8) is 0 Å². The van der Waals surface area contributed by atoms with Crippen LogP contribution in [0.5, 0.6) is 0 Å². The summed E-state index contributed by atoms with van der Waals surface area (Å²) in [6.45, 7) is 4.78. The highest BCUT2D eigenvalue weighted by Crippen LogP contribution is 2.31. The monoisotopic (exact) mass is 393 g/mol. The molecule has 2 atom stereocenters. The lowest BCUT2D eigenvalue weighted by Gasteiger charge is -2.37. The average molecular weight is 393 g/mol. The second-order valence-electron chi connectivity index (χ2n) is 8.58. The first kappa shape index (κ1) is 18.5. The van der Waals surface area contributed by atoms with Gasteiger partial charge in [-0.1, -0.05) is 0 Å². The molecule has 3 aliphatic rings. The quantitative estimate of drug-likeness (QED) is 0.824. The van der Waals surface area contributed by atoms with Crippen molar-refractivity contribution in [3.05, 3.63) is 56.5 Å². The molecule has 0 unspecified atom stereocenters. The van der Waals surface area contributed by atoms with E-state index in [1.807, 2.05) is 17.6 Å². The van der Waals surface area contributed by atoms with Gasteiger partial charge in [0.1, 0.15) is 11.4 Å².